The second-order valence-corrected chi connectivity index (χ2v) is 6.26. The van der Waals surface area contributed by atoms with Crippen LogP contribution >= 0.6 is 0 Å². The number of nitrogens with one attached hydrogen (secondary N) is 1. The number of nitro benzene ring substituents is 1. The smallest absolute Gasteiger partial charge is 0.332 e. The van der Waals surface area contributed by atoms with E-state index in [0.717, 1.165) is 4.57 Å². The number of carbonyl (C=O) groups excluding carboxylic acids is 2. The van der Waals surface area contributed by atoms with E-state index in [-0.39, 0.29) is 16.9 Å². The second-order valence-electron chi connectivity index (χ2n) is 6.26. The van der Waals surface area contributed by atoms with Crippen LogP contribution in [0.2, 0.25) is 0 Å². The lowest BCUT2D eigenvalue weighted by Crippen LogP contribution is -2.37. The molecular weight excluding hydrogens is 400 g/mol. The molecule has 0 saturated heterocycles. The average molecular weight is 416 g/mol. The van der Waals surface area contributed by atoms with Crippen LogP contribution in [0.25, 0.3) is 11.2 Å². The Hall–Kier alpha value is -4.29. The Morgan fingerprint density at radius 3 is 2.47 bits per heavy atom. The quantitative estimate of drug-likeness (QED) is 0.320. The normalized spacial score (nSPS) is 10.7. The first kappa shape index (κ1) is 20.4. The average Bonchev–Trinajstić information content (AvgIpc) is 3.13. The Balaban J connectivity index is 1.64. The summed E-state index contributed by atoms with van der Waals surface area (Å²) in [7, 11) is 2.75. The highest BCUT2D eigenvalue weighted by Gasteiger charge is 2.17. The molecule has 0 aliphatic heterocycles. The van der Waals surface area contributed by atoms with Crippen molar-refractivity contribution in [2.24, 2.45) is 14.1 Å². The molecule has 0 fully saturated rings. The number of anilines is 1. The third kappa shape index (κ3) is 3.94. The number of ether oxygens (including phenoxy) is 1. The maximum absolute atomic E-state index is 12.3. The Morgan fingerprint density at radius 1 is 1.17 bits per heavy atom. The third-order valence-electron chi connectivity index (χ3n) is 4.24. The van der Waals surface area contributed by atoms with Crippen LogP contribution in [-0.4, -0.2) is 42.1 Å². The summed E-state index contributed by atoms with van der Waals surface area (Å²) < 4.78 is 8.20. The molecule has 156 valence electrons. The van der Waals surface area contributed by atoms with E-state index in [1.54, 1.807) is 0 Å². The first-order chi connectivity index (χ1) is 14.2. The predicted molar refractivity (Wildman–Crippen MR) is 103 cm³/mol. The number of aromatic nitrogens is 4. The number of aryl methyl sites for hydroxylation is 1. The van der Waals surface area contributed by atoms with Crippen LogP contribution in [0.3, 0.4) is 0 Å². The number of amides is 1. The molecule has 1 amide bonds. The molecule has 1 aromatic carbocycles. The minimum Gasteiger partial charge on any atom is -0.454 e. The van der Waals surface area contributed by atoms with Crippen molar-refractivity contribution in [3.63, 3.8) is 0 Å². The van der Waals surface area contributed by atoms with E-state index >= 15 is 0 Å². The van der Waals surface area contributed by atoms with E-state index in [1.807, 2.05) is 0 Å². The fourth-order valence-electron chi connectivity index (χ4n) is 2.71. The fourth-order valence-corrected chi connectivity index (χ4v) is 2.71. The van der Waals surface area contributed by atoms with Crippen LogP contribution in [0.15, 0.2) is 40.2 Å². The molecular formula is C17H16N6O7. The van der Waals surface area contributed by atoms with Crippen molar-refractivity contribution in [2.45, 2.75) is 6.54 Å². The number of non-ortho nitro benzene ring substituents is 1. The van der Waals surface area contributed by atoms with Gasteiger partial charge in [-0.1, -0.05) is 0 Å². The van der Waals surface area contributed by atoms with Gasteiger partial charge in [-0.15, -0.1) is 0 Å². The summed E-state index contributed by atoms with van der Waals surface area (Å²) in [6, 6.07) is 5.13. The first-order valence-corrected chi connectivity index (χ1v) is 8.50. The van der Waals surface area contributed by atoms with Gasteiger partial charge in [-0.2, -0.15) is 0 Å². The van der Waals surface area contributed by atoms with Gasteiger partial charge in [-0.05, 0) is 12.1 Å². The molecule has 0 unspecified atom stereocenters. The number of imidazole rings is 1. The highest BCUT2D eigenvalue weighted by Crippen LogP contribution is 2.15. The van der Waals surface area contributed by atoms with Crippen molar-refractivity contribution in [1.82, 2.24) is 18.7 Å². The van der Waals surface area contributed by atoms with Crippen LogP contribution in [0, 0.1) is 10.1 Å². The molecule has 1 N–H and O–H groups in total. The molecule has 2 aromatic heterocycles. The summed E-state index contributed by atoms with van der Waals surface area (Å²) in [5.74, 6) is -1.45. The summed E-state index contributed by atoms with van der Waals surface area (Å²) >= 11 is 0. The number of nitro groups is 1. The Kier molecular flexibility index (Phi) is 5.44. The van der Waals surface area contributed by atoms with Crippen molar-refractivity contribution in [2.75, 3.05) is 11.9 Å². The number of rotatable bonds is 6. The minimum atomic E-state index is -0.802. The molecule has 0 aliphatic carbocycles. The Labute approximate surface area is 167 Å². The highest BCUT2D eigenvalue weighted by molar-refractivity contribution is 5.92. The van der Waals surface area contributed by atoms with Crippen molar-refractivity contribution in [3.05, 3.63) is 61.5 Å². The lowest BCUT2D eigenvalue weighted by Gasteiger charge is -2.08. The number of esters is 1. The monoisotopic (exact) mass is 416 g/mol. The molecule has 0 bridgehead atoms. The number of fused-ring (bicyclic) bond motifs is 1. The largest absolute Gasteiger partial charge is 0.454 e. The number of nitrogens with zero attached hydrogens (tertiary/aromatic N) is 5. The maximum atomic E-state index is 12.3. The Bertz CT molecular complexity index is 1270. The van der Waals surface area contributed by atoms with Gasteiger partial charge in [0.1, 0.15) is 6.54 Å². The minimum absolute atomic E-state index is 0.0480. The lowest BCUT2D eigenvalue weighted by atomic mass is 10.3. The van der Waals surface area contributed by atoms with E-state index in [4.69, 9.17) is 4.74 Å². The first-order valence-electron chi connectivity index (χ1n) is 8.50. The van der Waals surface area contributed by atoms with Crippen LogP contribution in [0.5, 0.6) is 0 Å². The van der Waals surface area contributed by atoms with Crippen LogP contribution in [-0.2, 0) is 35.0 Å². The molecule has 13 nitrogen and oxygen atoms in total. The fraction of sp³-hybridized carbons (Fsp3) is 0.235. The van der Waals surface area contributed by atoms with Crippen molar-refractivity contribution in [3.8, 4) is 0 Å². The van der Waals surface area contributed by atoms with Crippen LogP contribution in [0.4, 0.5) is 11.4 Å². The summed E-state index contributed by atoms with van der Waals surface area (Å²) in [4.78, 5) is 62.3. The molecule has 3 rings (SSSR count). The molecule has 0 aliphatic rings. The van der Waals surface area contributed by atoms with E-state index in [1.165, 1.54) is 53.8 Å². The van der Waals surface area contributed by atoms with Gasteiger partial charge in [0.15, 0.2) is 17.8 Å². The van der Waals surface area contributed by atoms with Gasteiger partial charge in [0.05, 0.1) is 11.3 Å². The SMILES string of the molecule is Cn1c(=O)c2c(ncn2CC(=O)OCC(=O)Nc2ccc([N+](=O)[O-])cc2)n(C)c1=O. The molecule has 0 atom stereocenters. The molecule has 2 heterocycles. The van der Waals surface area contributed by atoms with E-state index < -0.39 is 41.2 Å². The van der Waals surface area contributed by atoms with Gasteiger partial charge in [0, 0.05) is 31.9 Å². The van der Waals surface area contributed by atoms with Crippen LogP contribution < -0.4 is 16.6 Å². The van der Waals surface area contributed by atoms with Gasteiger partial charge < -0.3 is 14.6 Å². The van der Waals surface area contributed by atoms with Crippen molar-refractivity contribution < 1.29 is 19.2 Å². The summed E-state index contributed by atoms with van der Waals surface area (Å²) in [5.41, 5.74) is -0.835. The zero-order valence-corrected chi connectivity index (χ0v) is 15.9. The summed E-state index contributed by atoms with van der Waals surface area (Å²) in [5, 5.41) is 13.0. The molecule has 0 saturated carbocycles. The van der Waals surface area contributed by atoms with Gasteiger partial charge in [0.25, 0.3) is 17.2 Å². The number of benzene rings is 1. The molecule has 30 heavy (non-hydrogen) atoms. The molecule has 13 heteroatoms. The van der Waals surface area contributed by atoms with Gasteiger partial charge in [-0.25, -0.2) is 9.78 Å². The topological polar surface area (TPSA) is 160 Å². The molecule has 0 radical (unpaired) electrons. The van der Waals surface area contributed by atoms with Crippen molar-refractivity contribution >= 4 is 34.4 Å². The second kappa shape index (κ2) is 7.98. The lowest BCUT2D eigenvalue weighted by molar-refractivity contribution is -0.384. The highest BCUT2D eigenvalue weighted by atomic mass is 16.6. The predicted octanol–water partition coefficient (Wildman–Crippen LogP) is -0.476. The summed E-state index contributed by atoms with van der Waals surface area (Å²) in [6.07, 6.45) is 1.23. The number of hydrogen-bond acceptors (Lipinski definition) is 8. The van der Waals surface area contributed by atoms with E-state index in [9.17, 15) is 29.3 Å². The van der Waals surface area contributed by atoms with E-state index in [0.29, 0.717) is 5.69 Å². The van der Waals surface area contributed by atoms with Gasteiger partial charge in [0.2, 0.25) is 0 Å². The molecule has 0 spiro atoms. The van der Waals surface area contributed by atoms with Gasteiger partial charge in [-0.3, -0.25) is 33.6 Å². The third-order valence-corrected chi connectivity index (χ3v) is 4.24. The van der Waals surface area contributed by atoms with Gasteiger partial charge >= 0.3 is 11.7 Å². The number of hydrogen-bond donors (Lipinski definition) is 1. The Morgan fingerprint density at radius 2 is 1.83 bits per heavy atom. The maximum Gasteiger partial charge on any atom is 0.332 e. The summed E-state index contributed by atoms with van der Waals surface area (Å²) in [6.45, 7) is -0.992. The standard InChI is InChI=1S/C17H16N6O7/c1-20-15-14(16(26)21(2)17(20)27)22(9-18-15)7-13(25)30-8-12(24)19-10-3-5-11(6-4-10)23(28)29/h3-6,9H,7-8H2,1-2H3,(H,19,24). The molecule has 3 aromatic rings. The number of carbonyl (C=O) groups is 2. The zero-order valence-electron chi connectivity index (χ0n) is 15.9. The van der Waals surface area contributed by atoms with E-state index in [2.05, 4.69) is 10.3 Å². The zero-order chi connectivity index (χ0) is 22.0. The van der Waals surface area contributed by atoms with Crippen LogP contribution in [0.1, 0.15) is 0 Å². The van der Waals surface area contributed by atoms with Crippen molar-refractivity contribution in [1.29, 1.82) is 0 Å².